The molecule has 6 heteroatoms. The number of carbonyl (C=O) groups is 1. The molecular formula is C9H9F2NO3. The lowest BCUT2D eigenvalue weighted by Gasteiger charge is -2.07. The highest BCUT2D eigenvalue weighted by atomic mass is 19.3. The molecule has 15 heavy (non-hydrogen) atoms. The van der Waals surface area contributed by atoms with Crippen LogP contribution in [0.15, 0.2) is 12.3 Å². The summed E-state index contributed by atoms with van der Waals surface area (Å²) in [6, 6.07) is 1.09. The van der Waals surface area contributed by atoms with E-state index < -0.39 is 24.4 Å². The van der Waals surface area contributed by atoms with Crippen molar-refractivity contribution in [1.29, 1.82) is 0 Å². The molecule has 0 amide bonds. The monoisotopic (exact) mass is 217 g/mol. The maximum Gasteiger partial charge on any atom is 0.309 e. The Bertz CT molecular complexity index is 368. The van der Waals surface area contributed by atoms with Crippen molar-refractivity contribution in [3.05, 3.63) is 23.5 Å². The molecule has 0 aliphatic rings. The van der Waals surface area contributed by atoms with E-state index in [4.69, 9.17) is 9.84 Å². The van der Waals surface area contributed by atoms with Crippen molar-refractivity contribution in [2.45, 2.75) is 12.8 Å². The SMILES string of the molecule is COc1cnc(CC(=O)O)c(C(F)F)c1. The number of carboxylic acid groups (broad SMARTS) is 1. The summed E-state index contributed by atoms with van der Waals surface area (Å²) in [4.78, 5) is 14.0. The van der Waals surface area contributed by atoms with Crippen LogP contribution in [0.5, 0.6) is 5.75 Å². The summed E-state index contributed by atoms with van der Waals surface area (Å²) in [5.41, 5.74) is -0.546. The lowest BCUT2D eigenvalue weighted by atomic mass is 10.1. The van der Waals surface area contributed by atoms with E-state index in [0.717, 1.165) is 6.07 Å². The summed E-state index contributed by atoms with van der Waals surface area (Å²) < 4.78 is 29.7. The average Bonchev–Trinajstić information content (AvgIpc) is 2.17. The zero-order valence-electron chi connectivity index (χ0n) is 7.91. The van der Waals surface area contributed by atoms with Crippen LogP contribution >= 0.6 is 0 Å². The molecule has 0 bridgehead atoms. The van der Waals surface area contributed by atoms with Crippen molar-refractivity contribution in [3.63, 3.8) is 0 Å². The van der Waals surface area contributed by atoms with Gasteiger partial charge in [-0.1, -0.05) is 0 Å². The number of hydrogen-bond donors (Lipinski definition) is 1. The second-order valence-electron chi connectivity index (χ2n) is 2.78. The molecule has 0 radical (unpaired) electrons. The van der Waals surface area contributed by atoms with Gasteiger partial charge in [-0.05, 0) is 6.07 Å². The van der Waals surface area contributed by atoms with Crippen LogP contribution in [0.1, 0.15) is 17.7 Å². The lowest BCUT2D eigenvalue weighted by molar-refractivity contribution is -0.136. The lowest BCUT2D eigenvalue weighted by Crippen LogP contribution is -2.06. The summed E-state index contributed by atoms with van der Waals surface area (Å²) in [5, 5.41) is 8.48. The maximum atomic E-state index is 12.5. The predicted molar refractivity (Wildman–Crippen MR) is 47.1 cm³/mol. The number of aromatic nitrogens is 1. The van der Waals surface area contributed by atoms with Gasteiger partial charge in [0.25, 0.3) is 6.43 Å². The molecule has 4 nitrogen and oxygen atoms in total. The quantitative estimate of drug-likeness (QED) is 0.833. The summed E-state index contributed by atoms with van der Waals surface area (Å²) in [6.07, 6.45) is -2.07. The molecular weight excluding hydrogens is 208 g/mol. The number of methoxy groups -OCH3 is 1. The fraction of sp³-hybridized carbons (Fsp3) is 0.333. The van der Waals surface area contributed by atoms with E-state index in [0.29, 0.717) is 0 Å². The summed E-state index contributed by atoms with van der Waals surface area (Å²) >= 11 is 0. The Morgan fingerprint density at radius 1 is 1.67 bits per heavy atom. The summed E-state index contributed by atoms with van der Waals surface area (Å²) in [6.45, 7) is 0. The van der Waals surface area contributed by atoms with E-state index in [-0.39, 0.29) is 11.4 Å². The number of alkyl halides is 2. The van der Waals surface area contributed by atoms with Gasteiger partial charge in [0.05, 0.1) is 25.4 Å². The van der Waals surface area contributed by atoms with Crippen molar-refractivity contribution < 1.29 is 23.4 Å². The molecule has 1 aromatic rings. The van der Waals surface area contributed by atoms with Crippen molar-refractivity contribution >= 4 is 5.97 Å². The normalized spacial score (nSPS) is 10.4. The topological polar surface area (TPSA) is 59.4 Å². The van der Waals surface area contributed by atoms with Gasteiger partial charge in [0.2, 0.25) is 0 Å². The van der Waals surface area contributed by atoms with E-state index in [1.165, 1.54) is 13.3 Å². The summed E-state index contributed by atoms with van der Waals surface area (Å²) in [7, 11) is 1.32. The Balaban J connectivity index is 3.09. The standard InChI is InChI=1S/C9H9F2NO3/c1-15-5-2-6(9(10)11)7(12-4-5)3-8(13)14/h2,4,9H,3H2,1H3,(H,13,14). The smallest absolute Gasteiger partial charge is 0.309 e. The number of pyridine rings is 1. The van der Waals surface area contributed by atoms with Crippen molar-refractivity contribution in [2.75, 3.05) is 7.11 Å². The van der Waals surface area contributed by atoms with Gasteiger partial charge in [-0.2, -0.15) is 0 Å². The van der Waals surface area contributed by atoms with Crippen LogP contribution in [0.25, 0.3) is 0 Å². The first-order valence-electron chi connectivity index (χ1n) is 4.07. The van der Waals surface area contributed by atoms with Crippen LogP contribution in [0.4, 0.5) is 8.78 Å². The van der Waals surface area contributed by atoms with Crippen molar-refractivity contribution in [1.82, 2.24) is 4.98 Å². The van der Waals surface area contributed by atoms with E-state index in [2.05, 4.69) is 4.98 Å². The van der Waals surface area contributed by atoms with Gasteiger partial charge in [-0.25, -0.2) is 8.78 Å². The number of rotatable bonds is 4. The Kier molecular flexibility index (Phi) is 3.54. The maximum absolute atomic E-state index is 12.5. The number of hydrogen-bond acceptors (Lipinski definition) is 3. The van der Waals surface area contributed by atoms with Crippen LogP contribution < -0.4 is 4.74 Å². The second kappa shape index (κ2) is 4.68. The molecule has 82 valence electrons. The minimum absolute atomic E-state index is 0.140. The van der Waals surface area contributed by atoms with Crippen LogP contribution in [0, 0.1) is 0 Å². The van der Waals surface area contributed by atoms with E-state index in [1.54, 1.807) is 0 Å². The van der Waals surface area contributed by atoms with Gasteiger partial charge in [-0.15, -0.1) is 0 Å². The van der Waals surface area contributed by atoms with Crippen LogP contribution in [0.2, 0.25) is 0 Å². The van der Waals surface area contributed by atoms with Crippen molar-refractivity contribution in [2.24, 2.45) is 0 Å². The highest BCUT2D eigenvalue weighted by molar-refractivity contribution is 5.70. The van der Waals surface area contributed by atoms with Gasteiger partial charge in [0.1, 0.15) is 5.75 Å². The largest absolute Gasteiger partial charge is 0.495 e. The summed E-state index contributed by atoms with van der Waals surface area (Å²) in [5.74, 6) is -1.02. The number of ether oxygens (including phenoxy) is 1. The Morgan fingerprint density at radius 2 is 2.33 bits per heavy atom. The molecule has 0 fully saturated rings. The highest BCUT2D eigenvalue weighted by Gasteiger charge is 2.17. The van der Waals surface area contributed by atoms with Crippen LogP contribution in [-0.4, -0.2) is 23.2 Å². The molecule has 0 aromatic carbocycles. The minimum atomic E-state index is -2.76. The van der Waals surface area contributed by atoms with Gasteiger partial charge in [0.15, 0.2) is 0 Å². The third-order valence-electron chi connectivity index (χ3n) is 1.77. The Morgan fingerprint density at radius 3 is 2.80 bits per heavy atom. The van der Waals surface area contributed by atoms with Crippen LogP contribution in [-0.2, 0) is 11.2 Å². The van der Waals surface area contributed by atoms with Crippen LogP contribution in [0.3, 0.4) is 0 Å². The minimum Gasteiger partial charge on any atom is -0.495 e. The molecule has 1 aromatic heterocycles. The first-order valence-corrected chi connectivity index (χ1v) is 4.07. The molecule has 0 saturated carbocycles. The Labute approximate surface area is 84.5 Å². The molecule has 1 heterocycles. The average molecular weight is 217 g/mol. The first-order chi connectivity index (χ1) is 7.04. The van der Waals surface area contributed by atoms with Gasteiger partial charge >= 0.3 is 5.97 Å². The van der Waals surface area contributed by atoms with Gasteiger partial charge < -0.3 is 9.84 Å². The van der Waals surface area contributed by atoms with E-state index >= 15 is 0 Å². The third kappa shape index (κ3) is 2.87. The van der Waals surface area contributed by atoms with Gasteiger partial charge in [-0.3, -0.25) is 9.78 Å². The third-order valence-corrected chi connectivity index (χ3v) is 1.77. The Hall–Kier alpha value is -1.72. The highest BCUT2D eigenvalue weighted by Crippen LogP contribution is 2.25. The number of nitrogens with zero attached hydrogens (tertiary/aromatic N) is 1. The van der Waals surface area contributed by atoms with Crippen molar-refractivity contribution in [3.8, 4) is 5.75 Å². The molecule has 1 N–H and O–H groups in total. The molecule has 0 aliphatic heterocycles. The molecule has 1 rings (SSSR count). The molecule has 0 unspecified atom stereocenters. The fourth-order valence-corrected chi connectivity index (χ4v) is 1.08. The zero-order chi connectivity index (χ0) is 11.4. The van der Waals surface area contributed by atoms with E-state index in [9.17, 15) is 13.6 Å². The first kappa shape index (κ1) is 11.4. The molecule has 0 atom stereocenters. The van der Waals surface area contributed by atoms with Gasteiger partial charge in [0, 0.05) is 5.56 Å². The predicted octanol–water partition coefficient (Wildman–Crippen LogP) is 1.65. The molecule has 0 spiro atoms. The molecule has 0 saturated heterocycles. The molecule has 0 aliphatic carbocycles. The second-order valence-corrected chi connectivity index (χ2v) is 2.78. The fourth-order valence-electron chi connectivity index (χ4n) is 1.08. The number of halogens is 2. The number of carboxylic acids is 1. The van der Waals surface area contributed by atoms with E-state index in [1.807, 2.05) is 0 Å². The zero-order valence-corrected chi connectivity index (χ0v) is 7.91. The number of aliphatic carboxylic acids is 1.